The van der Waals surface area contributed by atoms with Gasteiger partial charge < -0.3 is 5.32 Å². The fourth-order valence-corrected chi connectivity index (χ4v) is 3.65. The van der Waals surface area contributed by atoms with Crippen LogP contribution in [0.4, 0.5) is 0 Å². The predicted octanol–water partition coefficient (Wildman–Crippen LogP) is 3.79. The van der Waals surface area contributed by atoms with Crippen LogP contribution in [0.3, 0.4) is 0 Å². The maximum atomic E-state index is 12.2. The Morgan fingerprint density at radius 3 is 2.58 bits per heavy atom. The summed E-state index contributed by atoms with van der Waals surface area (Å²) in [5, 5.41) is 10.9. The molecule has 0 radical (unpaired) electrons. The number of aromatic amines is 1. The molecule has 1 aromatic heterocycles. The molecule has 0 saturated heterocycles. The van der Waals surface area contributed by atoms with Crippen LogP contribution in [-0.4, -0.2) is 32.9 Å². The first-order chi connectivity index (χ1) is 11.8. The third-order valence-corrected chi connectivity index (χ3v) is 5.16. The number of carbonyl (C=O) groups excluding carboxylic acids is 1. The fraction of sp³-hybridized carbons (Fsp3) is 0.500. The molecular formula is C18H24N4OS. The van der Waals surface area contributed by atoms with Gasteiger partial charge in [-0.2, -0.15) is 0 Å². The van der Waals surface area contributed by atoms with Crippen molar-refractivity contribution in [3.8, 4) is 11.4 Å². The van der Waals surface area contributed by atoms with Crippen molar-refractivity contribution < 1.29 is 4.79 Å². The summed E-state index contributed by atoms with van der Waals surface area (Å²) in [6.45, 7) is 0. The number of nitrogens with zero attached hydrogens (tertiary/aromatic N) is 2. The van der Waals surface area contributed by atoms with Crippen molar-refractivity contribution >= 4 is 17.7 Å². The number of benzene rings is 1. The van der Waals surface area contributed by atoms with Crippen molar-refractivity contribution in [1.29, 1.82) is 0 Å². The van der Waals surface area contributed by atoms with Gasteiger partial charge >= 0.3 is 0 Å². The Labute approximate surface area is 147 Å². The topological polar surface area (TPSA) is 70.7 Å². The number of aromatic nitrogens is 3. The summed E-state index contributed by atoms with van der Waals surface area (Å²) in [5.41, 5.74) is 0.996. The third kappa shape index (κ3) is 5.09. The van der Waals surface area contributed by atoms with Crippen molar-refractivity contribution in [3.63, 3.8) is 0 Å². The van der Waals surface area contributed by atoms with Gasteiger partial charge in [-0.1, -0.05) is 74.2 Å². The molecule has 0 atom stereocenters. The highest BCUT2D eigenvalue weighted by Gasteiger charge is 2.15. The largest absolute Gasteiger partial charge is 0.353 e. The van der Waals surface area contributed by atoms with E-state index in [0.717, 1.165) is 24.2 Å². The molecule has 2 aromatic rings. The lowest BCUT2D eigenvalue weighted by Gasteiger charge is -2.20. The average molecular weight is 344 g/mol. The van der Waals surface area contributed by atoms with Crippen LogP contribution in [-0.2, 0) is 4.79 Å². The van der Waals surface area contributed by atoms with E-state index in [-0.39, 0.29) is 5.91 Å². The zero-order chi connectivity index (χ0) is 16.6. The fourth-order valence-electron chi connectivity index (χ4n) is 3.04. The highest BCUT2D eigenvalue weighted by molar-refractivity contribution is 7.99. The van der Waals surface area contributed by atoms with Crippen molar-refractivity contribution in [3.05, 3.63) is 30.3 Å². The maximum Gasteiger partial charge on any atom is 0.230 e. The number of amides is 1. The van der Waals surface area contributed by atoms with Crippen molar-refractivity contribution in [2.24, 2.45) is 0 Å². The summed E-state index contributed by atoms with van der Waals surface area (Å²) < 4.78 is 0. The minimum atomic E-state index is 0.0802. The van der Waals surface area contributed by atoms with Crippen molar-refractivity contribution in [2.75, 3.05) is 5.75 Å². The van der Waals surface area contributed by atoms with Crippen molar-refractivity contribution in [2.45, 2.75) is 56.1 Å². The molecule has 3 rings (SSSR count). The Kier molecular flexibility index (Phi) is 6.29. The number of rotatable bonds is 5. The second-order valence-corrected chi connectivity index (χ2v) is 7.17. The van der Waals surface area contributed by atoms with Crippen LogP contribution in [0.2, 0.25) is 0 Å². The molecule has 1 fully saturated rings. The lowest BCUT2D eigenvalue weighted by Crippen LogP contribution is -2.36. The SMILES string of the molecule is O=C(CSc1n[nH]c(-c2ccccc2)n1)NC1CCCCCCC1. The summed E-state index contributed by atoms with van der Waals surface area (Å²) >= 11 is 1.38. The van der Waals surface area contributed by atoms with Gasteiger partial charge in [-0.05, 0) is 12.8 Å². The van der Waals surface area contributed by atoms with Crippen LogP contribution in [0.25, 0.3) is 11.4 Å². The molecule has 0 aliphatic heterocycles. The van der Waals surface area contributed by atoms with Gasteiger partial charge in [0.2, 0.25) is 11.1 Å². The van der Waals surface area contributed by atoms with E-state index in [2.05, 4.69) is 20.5 Å². The molecule has 0 bridgehead atoms. The summed E-state index contributed by atoms with van der Waals surface area (Å²) in [6, 6.07) is 10.2. The molecule has 128 valence electrons. The number of hydrogen-bond donors (Lipinski definition) is 2. The molecule has 0 unspecified atom stereocenters. The Balaban J connectivity index is 1.47. The van der Waals surface area contributed by atoms with Crippen LogP contribution in [0, 0.1) is 0 Å². The van der Waals surface area contributed by atoms with Gasteiger partial charge in [-0.15, -0.1) is 5.10 Å². The molecular weight excluding hydrogens is 320 g/mol. The standard InChI is InChI=1S/C18H24N4OS/c23-16(19-15-11-7-2-1-3-8-12-15)13-24-18-20-17(21-22-18)14-9-5-4-6-10-14/h4-6,9-10,15H,1-3,7-8,11-13H2,(H,19,23)(H,20,21,22). The van der Waals surface area contributed by atoms with Crippen LogP contribution in [0.5, 0.6) is 0 Å². The van der Waals surface area contributed by atoms with Crippen molar-refractivity contribution in [1.82, 2.24) is 20.5 Å². The van der Waals surface area contributed by atoms with E-state index in [9.17, 15) is 4.79 Å². The number of thioether (sulfide) groups is 1. The zero-order valence-electron chi connectivity index (χ0n) is 13.8. The molecule has 24 heavy (non-hydrogen) atoms. The van der Waals surface area contributed by atoms with Gasteiger partial charge in [-0.3, -0.25) is 9.89 Å². The zero-order valence-corrected chi connectivity index (χ0v) is 14.6. The van der Waals surface area contributed by atoms with Crippen LogP contribution < -0.4 is 5.32 Å². The molecule has 1 amide bonds. The van der Waals surface area contributed by atoms with Gasteiger partial charge in [0, 0.05) is 11.6 Å². The van der Waals surface area contributed by atoms with E-state index < -0.39 is 0 Å². The molecule has 1 aliphatic rings. The molecule has 0 spiro atoms. The number of carbonyl (C=O) groups is 1. The lowest BCUT2D eigenvalue weighted by molar-refractivity contribution is -0.119. The normalized spacial score (nSPS) is 16.3. The highest BCUT2D eigenvalue weighted by Crippen LogP contribution is 2.20. The van der Waals surface area contributed by atoms with E-state index in [1.807, 2.05) is 30.3 Å². The lowest BCUT2D eigenvalue weighted by atomic mass is 9.97. The number of H-pyrrole nitrogens is 1. The second-order valence-electron chi connectivity index (χ2n) is 6.23. The molecule has 1 aromatic carbocycles. The molecule has 2 N–H and O–H groups in total. The Bertz CT molecular complexity index is 635. The summed E-state index contributed by atoms with van der Waals surface area (Å²) in [4.78, 5) is 16.6. The number of hydrogen-bond acceptors (Lipinski definition) is 4. The molecule has 6 heteroatoms. The average Bonchev–Trinajstić information content (AvgIpc) is 3.05. The maximum absolute atomic E-state index is 12.2. The van der Waals surface area contributed by atoms with E-state index in [0.29, 0.717) is 17.0 Å². The quantitative estimate of drug-likeness (QED) is 0.810. The van der Waals surface area contributed by atoms with Crippen LogP contribution in [0.15, 0.2) is 35.5 Å². The van der Waals surface area contributed by atoms with Gasteiger partial charge in [-0.25, -0.2) is 4.98 Å². The molecule has 1 aliphatic carbocycles. The van der Waals surface area contributed by atoms with Gasteiger partial charge in [0.25, 0.3) is 0 Å². The van der Waals surface area contributed by atoms with E-state index in [1.165, 1.54) is 43.9 Å². The van der Waals surface area contributed by atoms with E-state index in [1.54, 1.807) is 0 Å². The first-order valence-electron chi connectivity index (χ1n) is 8.71. The summed E-state index contributed by atoms with van der Waals surface area (Å²) in [6.07, 6.45) is 8.58. The smallest absolute Gasteiger partial charge is 0.230 e. The van der Waals surface area contributed by atoms with Crippen LogP contribution >= 0.6 is 11.8 Å². The van der Waals surface area contributed by atoms with Gasteiger partial charge in [0.05, 0.1) is 5.75 Å². The Morgan fingerprint density at radius 2 is 1.83 bits per heavy atom. The third-order valence-electron chi connectivity index (χ3n) is 4.31. The Hall–Kier alpha value is -1.82. The van der Waals surface area contributed by atoms with Crippen LogP contribution in [0.1, 0.15) is 44.9 Å². The van der Waals surface area contributed by atoms with E-state index in [4.69, 9.17) is 0 Å². The molecule has 1 heterocycles. The van der Waals surface area contributed by atoms with Gasteiger partial charge in [0.15, 0.2) is 5.82 Å². The predicted molar refractivity (Wildman–Crippen MR) is 96.8 cm³/mol. The molecule has 1 saturated carbocycles. The van der Waals surface area contributed by atoms with Gasteiger partial charge in [0.1, 0.15) is 0 Å². The monoisotopic (exact) mass is 344 g/mol. The summed E-state index contributed by atoms with van der Waals surface area (Å²) in [7, 11) is 0. The second kappa shape index (κ2) is 8.87. The first-order valence-corrected chi connectivity index (χ1v) is 9.70. The minimum Gasteiger partial charge on any atom is -0.353 e. The minimum absolute atomic E-state index is 0.0802. The first kappa shape index (κ1) is 17.0. The molecule has 5 nitrogen and oxygen atoms in total. The highest BCUT2D eigenvalue weighted by atomic mass is 32.2. The van der Waals surface area contributed by atoms with E-state index >= 15 is 0 Å². The number of nitrogens with one attached hydrogen (secondary N) is 2. The Morgan fingerprint density at radius 1 is 1.12 bits per heavy atom. The summed E-state index contributed by atoms with van der Waals surface area (Å²) in [5.74, 6) is 1.18.